The fourth-order valence-electron chi connectivity index (χ4n) is 5.06. The van der Waals surface area contributed by atoms with E-state index in [-0.39, 0.29) is 22.6 Å². The molecule has 0 radical (unpaired) electrons. The summed E-state index contributed by atoms with van der Waals surface area (Å²) < 4.78 is 0. The second-order valence-corrected chi connectivity index (χ2v) is 10.2. The zero-order valence-corrected chi connectivity index (χ0v) is 17.2. The molecule has 0 bridgehead atoms. The van der Waals surface area contributed by atoms with E-state index in [1.807, 2.05) is 0 Å². The maximum absolute atomic E-state index is 13.4. The third-order valence-corrected chi connectivity index (χ3v) is 9.02. The van der Waals surface area contributed by atoms with Crippen molar-refractivity contribution in [3.63, 3.8) is 0 Å². The van der Waals surface area contributed by atoms with Gasteiger partial charge in [0.1, 0.15) is 0 Å². The number of nitrogens with zero attached hydrogens (tertiary/aromatic N) is 1. The maximum Gasteiger partial charge on any atom is 0.235 e. The van der Waals surface area contributed by atoms with Crippen molar-refractivity contribution in [2.45, 2.75) is 81.1 Å². The van der Waals surface area contributed by atoms with Gasteiger partial charge in [-0.1, -0.05) is 55.4 Å². The molecule has 3 nitrogen and oxygen atoms in total. The van der Waals surface area contributed by atoms with Crippen LogP contribution in [-0.4, -0.2) is 23.8 Å². The summed E-state index contributed by atoms with van der Waals surface area (Å²) in [5.41, 5.74) is -1.08. The normalized spacial score (nSPS) is 40.5. The Morgan fingerprint density at radius 1 is 0.750 bits per heavy atom. The van der Waals surface area contributed by atoms with E-state index in [4.69, 9.17) is 0 Å². The number of hydrogen-bond donors (Lipinski definition) is 0. The Kier molecular flexibility index (Phi) is 4.52. The summed E-state index contributed by atoms with van der Waals surface area (Å²) in [6, 6.07) is 0. The Bertz CT molecular complexity index is 502. The minimum atomic E-state index is -0.457. The molecule has 0 heterocycles. The number of carbonyl (C=O) groups is 2. The highest BCUT2D eigenvalue weighted by Gasteiger charge is 2.59. The fourth-order valence-corrected chi connectivity index (χ4v) is 5.06. The van der Waals surface area contributed by atoms with Gasteiger partial charge in [-0.25, -0.2) is 0 Å². The summed E-state index contributed by atoms with van der Waals surface area (Å²) in [4.78, 5) is 28.2. The number of carbonyl (C=O) groups excluding carboxylic acids is 2. The van der Waals surface area contributed by atoms with Gasteiger partial charge >= 0.3 is 0 Å². The first-order chi connectivity index (χ1) is 10.7. The van der Waals surface area contributed by atoms with Gasteiger partial charge in [0.05, 0.1) is 10.8 Å². The van der Waals surface area contributed by atoms with Crippen LogP contribution in [0.25, 0.3) is 0 Å². The molecular formula is C21H37NO2. The van der Waals surface area contributed by atoms with Crippen molar-refractivity contribution in [2.75, 3.05) is 7.05 Å². The van der Waals surface area contributed by atoms with Gasteiger partial charge in [0, 0.05) is 7.05 Å². The van der Waals surface area contributed by atoms with Crippen LogP contribution in [0.2, 0.25) is 0 Å². The quantitative estimate of drug-likeness (QED) is 0.673. The third kappa shape index (κ3) is 2.29. The molecule has 2 saturated carbocycles. The van der Waals surface area contributed by atoms with E-state index in [2.05, 4.69) is 55.4 Å². The highest BCUT2D eigenvalue weighted by molar-refractivity contribution is 6.01. The molecule has 0 saturated heterocycles. The monoisotopic (exact) mass is 335 g/mol. The number of hydrogen-bond acceptors (Lipinski definition) is 2. The first kappa shape index (κ1) is 19.5. The van der Waals surface area contributed by atoms with Crippen LogP contribution in [0.1, 0.15) is 81.1 Å². The Morgan fingerprint density at radius 2 is 1.04 bits per heavy atom. The first-order valence-electron chi connectivity index (χ1n) is 9.56. The fraction of sp³-hybridized carbons (Fsp3) is 0.905. The molecule has 2 amide bonds. The topological polar surface area (TPSA) is 37.4 Å². The van der Waals surface area contributed by atoms with E-state index in [0.29, 0.717) is 11.8 Å². The summed E-state index contributed by atoms with van der Waals surface area (Å²) in [6.45, 7) is 17.3. The zero-order chi connectivity index (χ0) is 18.7. The molecular weight excluding hydrogens is 298 g/mol. The largest absolute Gasteiger partial charge is 0.285 e. The van der Waals surface area contributed by atoms with Gasteiger partial charge < -0.3 is 0 Å². The van der Waals surface area contributed by atoms with Crippen LogP contribution < -0.4 is 0 Å². The van der Waals surface area contributed by atoms with Gasteiger partial charge in [-0.2, -0.15) is 0 Å². The van der Waals surface area contributed by atoms with Gasteiger partial charge in [-0.05, 0) is 48.3 Å². The minimum absolute atomic E-state index is 0.0124. The first-order valence-corrected chi connectivity index (χ1v) is 9.56. The number of amides is 2. The zero-order valence-electron chi connectivity index (χ0n) is 17.2. The molecule has 4 atom stereocenters. The van der Waals surface area contributed by atoms with Gasteiger partial charge in [0.15, 0.2) is 0 Å². The van der Waals surface area contributed by atoms with Crippen LogP contribution in [0.4, 0.5) is 0 Å². The lowest BCUT2D eigenvalue weighted by atomic mass is 9.63. The minimum Gasteiger partial charge on any atom is -0.285 e. The van der Waals surface area contributed by atoms with Crippen LogP contribution in [0.15, 0.2) is 0 Å². The van der Waals surface area contributed by atoms with Crippen LogP contribution in [0, 0.1) is 33.5 Å². The van der Waals surface area contributed by atoms with Crippen molar-refractivity contribution in [1.82, 2.24) is 4.90 Å². The van der Waals surface area contributed by atoms with E-state index in [0.717, 1.165) is 25.7 Å². The summed E-state index contributed by atoms with van der Waals surface area (Å²) in [6.07, 6.45) is 3.84. The van der Waals surface area contributed by atoms with Crippen molar-refractivity contribution < 1.29 is 9.59 Å². The summed E-state index contributed by atoms with van der Waals surface area (Å²) >= 11 is 0. The molecule has 2 rings (SSSR count). The molecule has 138 valence electrons. The van der Waals surface area contributed by atoms with Crippen molar-refractivity contribution in [1.29, 1.82) is 0 Å². The van der Waals surface area contributed by atoms with Crippen LogP contribution in [-0.2, 0) is 9.59 Å². The van der Waals surface area contributed by atoms with E-state index in [1.165, 1.54) is 4.90 Å². The Hall–Kier alpha value is -0.860. The van der Waals surface area contributed by atoms with Crippen molar-refractivity contribution >= 4 is 11.8 Å². The van der Waals surface area contributed by atoms with E-state index in [9.17, 15) is 9.59 Å². The highest BCUT2D eigenvalue weighted by Crippen LogP contribution is 2.59. The van der Waals surface area contributed by atoms with Gasteiger partial charge in [0.2, 0.25) is 11.8 Å². The predicted molar refractivity (Wildman–Crippen MR) is 98.3 cm³/mol. The van der Waals surface area contributed by atoms with Gasteiger partial charge in [-0.3, -0.25) is 14.5 Å². The molecule has 0 aliphatic heterocycles. The van der Waals surface area contributed by atoms with Crippen molar-refractivity contribution in [3.8, 4) is 0 Å². The molecule has 0 aromatic rings. The lowest BCUT2D eigenvalue weighted by molar-refractivity contribution is -0.161. The van der Waals surface area contributed by atoms with E-state index in [1.54, 1.807) is 7.05 Å². The summed E-state index contributed by atoms with van der Waals surface area (Å²) in [5.74, 6) is 1.01. The Balaban J connectivity index is 2.31. The summed E-state index contributed by atoms with van der Waals surface area (Å²) in [5, 5.41) is 0. The van der Waals surface area contributed by atoms with Gasteiger partial charge in [0.25, 0.3) is 0 Å². The van der Waals surface area contributed by atoms with E-state index < -0.39 is 10.8 Å². The second kappa shape index (κ2) is 5.57. The third-order valence-electron chi connectivity index (χ3n) is 9.02. The molecule has 0 N–H and O–H groups in total. The molecule has 0 spiro atoms. The average Bonchev–Trinajstić information content (AvgIpc) is 2.85. The van der Waals surface area contributed by atoms with Crippen LogP contribution in [0.3, 0.4) is 0 Å². The predicted octanol–water partition coefficient (Wildman–Crippen LogP) is 4.90. The maximum atomic E-state index is 13.4. The summed E-state index contributed by atoms with van der Waals surface area (Å²) in [7, 11) is 1.71. The lowest BCUT2D eigenvalue weighted by Gasteiger charge is -2.45. The molecule has 0 unspecified atom stereocenters. The number of imide groups is 1. The van der Waals surface area contributed by atoms with Crippen molar-refractivity contribution in [2.24, 2.45) is 33.5 Å². The molecule has 0 aromatic heterocycles. The second-order valence-electron chi connectivity index (χ2n) is 10.2. The smallest absolute Gasteiger partial charge is 0.235 e. The lowest BCUT2D eigenvalue weighted by Crippen LogP contribution is -2.54. The van der Waals surface area contributed by atoms with Crippen LogP contribution >= 0.6 is 0 Å². The Morgan fingerprint density at radius 3 is 1.25 bits per heavy atom. The molecule has 2 aliphatic carbocycles. The number of rotatable bonds is 2. The Labute approximate surface area is 148 Å². The average molecular weight is 336 g/mol. The highest BCUT2D eigenvalue weighted by atomic mass is 16.2. The van der Waals surface area contributed by atoms with Gasteiger partial charge in [-0.15, -0.1) is 0 Å². The van der Waals surface area contributed by atoms with Crippen LogP contribution in [0.5, 0.6) is 0 Å². The molecule has 24 heavy (non-hydrogen) atoms. The molecule has 0 aromatic carbocycles. The standard InChI is InChI=1S/C21H37NO2/c1-14-10-12-20(7,18(14,3)4)16(23)22(9)17(24)21(8)13-11-15(2)19(21,5)6/h14-15H,10-13H2,1-9H3/t14-,15-,20-,21-/m1/s1. The van der Waals surface area contributed by atoms with E-state index >= 15 is 0 Å². The molecule has 3 heteroatoms. The van der Waals surface area contributed by atoms with Crippen molar-refractivity contribution in [3.05, 3.63) is 0 Å². The molecule has 2 fully saturated rings. The molecule has 2 aliphatic rings. The SMILES string of the molecule is C[C@@H]1CC[C@](C)(C(=O)N(C)C(=O)[C@@]2(C)CC[C@@H](C)C2(C)C)C1(C)C.